The first kappa shape index (κ1) is 18.4. The van der Waals surface area contributed by atoms with Crippen LogP contribution < -0.4 is 14.8 Å². The lowest BCUT2D eigenvalue weighted by Gasteiger charge is -2.26. The molecule has 1 fully saturated rings. The summed E-state index contributed by atoms with van der Waals surface area (Å²) in [6.45, 7) is -0.760. The molecular formula is C16H22F2N2O4. The molecule has 0 bridgehead atoms. The molecule has 1 saturated heterocycles. The SMILES string of the molecule is COc1ccc(CN(C)C(=O)CC2COCCN2)cc1OC(F)F. The van der Waals surface area contributed by atoms with Crippen LogP contribution in [0.5, 0.6) is 11.5 Å². The Bertz CT molecular complexity index is 551. The van der Waals surface area contributed by atoms with Crippen molar-refractivity contribution in [2.45, 2.75) is 25.6 Å². The van der Waals surface area contributed by atoms with Gasteiger partial charge in [-0.1, -0.05) is 6.07 Å². The Balaban J connectivity index is 1.96. The van der Waals surface area contributed by atoms with E-state index in [-0.39, 0.29) is 30.0 Å². The Hall–Kier alpha value is -1.93. The number of nitrogens with one attached hydrogen (secondary N) is 1. The van der Waals surface area contributed by atoms with Crippen LogP contribution in [0.2, 0.25) is 0 Å². The summed E-state index contributed by atoms with van der Waals surface area (Å²) in [5.74, 6) is 0.120. The Morgan fingerprint density at radius 2 is 2.25 bits per heavy atom. The maximum absolute atomic E-state index is 12.5. The molecule has 6 nitrogen and oxygen atoms in total. The van der Waals surface area contributed by atoms with E-state index in [9.17, 15) is 13.6 Å². The molecule has 1 aromatic rings. The molecule has 1 aliphatic rings. The lowest BCUT2D eigenvalue weighted by atomic mass is 10.1. The van der Waals surface area contributed by atoms with Gasteiger partial charge in [0.2, 0.25) is 5.91 Å². The van der Waals surface area contributed by atoms with Crippen LogP contribution in [0.3, 0.4) is 0 Å². The normalized spacial score (nSPS) is 17.6. The number of nitrogens with zero attached hydrogens (tertiary/aromatic N) is 1. The summed E-state index contributed by atoms with van der Waals surface area (Å²) in [4.78, 5) is 13.8. The average Bonchev–Trinajstić information content (AvgIpc) is 2.55. The van der Waals surface area contributed by atoms with Crippen LogP contribution in [-0.4, -0.2) is 57.4 Å². The summed E-state index contributed by atoms with van der Waals surface area (Å²) in [5, 5.41) is 3.22. The zero-order valence-corrected chi connectivity index (χ0v) is 13.8. The number of alkyl halides is 2. The van der Waals surface area contributed by atoms with Gasteiger partial charge in [0.1, 0.15) is 0 Å². The molecule has 1 amide bonds. The highest BCUT2D eigenvalue weighted by atomic mass is 19.3. The van der Waals surface area contributed by atoms with E-state index in [2.05, 4.69) is 10.1 Å². The van der Waals surface area contributed by atoms with Crippen LogP contribution in [0.1, 0.15) is 12.0 Å². The first-order valence-corrected chi connectivity index (χ1v) is 7.66. The van der Waals surface area contributed by atoms with Gasteiger partial charge in [-0.3, -0.25) is 4.79 Å². The molecule has 8 heteroatoms. The Morgan fingerprint density at radius 1 is 1.46 bits per heavy atom. The number of ether oxygens (including phenoxy) is 3. The standard InChI is InChI=1S/C16H22F2N2O4/c1-20(15(21)8-12-10-23-6-5-19-12)9-11-3-4-13(22-2)14(7-11)24-16(17)18/h3-4,7,12,16,19H,5-6,8-10H2,1-2H3. The van der Waals surface area contributed by atoms with Crippen molar-refractivity contribution in [3.8, 4) is 11.5 Å². The number of morpholine rings is 1. The van der Waals surface area contributed by atoms with Crippen molar-refractivity contribution in [2.75, 3.05) is 33.9 Å². The largest absolute Gasteiger partial charge is 0.493 e. The van der Waals surface area contributed by atoms with Crippen LogP contribution >= 0.6 is 0 Å². The molecule has 1 aromatic carbocycles. The number of carbonyl (C=O) groups is 1. The highest BCUT2D eigenvalue weighted by Crippen LogP contribution is 2.29. The fourth-order valence-corrected chi connectivity index (χ4v) is 2.49. The fourth-order valence-electron chi connectivity index (χ4n) is 2.49. The van der Waals surface area contributed by atoms with E-state index in [0.29, 0.717) is 25.2 Å². The van der Waals surface area contributed by atoms with Crippen molar-refractivity contribution in [1.29, 1.82) is 0 Å². The zero-order chi connectivity index (χ0) is 17.5. The number of carbonyl (C=O) groups excluding carboxylic acids is 1. The molecule has 0 aliphatic carbocycles. The van der Waals surface area contributed by atoms with Gasteiger partial charge in [-0.2, -0.15) is 8.78 Å². The lowest BCUT2D eigenvalue weighted by molar-refractivity contribution is -0.131. The third-order valence-corrected chi connectivity index (χ3v) is 3.71. The molecular weight excluding hydrogens is 322 g/mol. The van der Waals surface area contributed by atoms with Crippen LogP contribution in [0.4, 0.5) is 8.78 Å². The number of amides is 1. The van der Waals surface area contributed by atoms with E-state index >= 15 is 0 Å². The van der Waals surface area contributed by atoms with Gasteiger partial charge >= 0.3 is 6.61 Å². The van der Waals surface area contributed by atoms with Gasteiger partial charge in [-0.05, 0) is 17.7 Å². The number of hydrogen-bond donors (Lipinski definition) is 1. The van der Waals surface area contributed by atoms with Crippen LogP contribution in [0.15, 0.2) is 18.2 Å². The number of benzene rings is 1. The Labute approximate surface area is 139 Å². The molecule has 0 spiro atoms. The van der Waals surface area contributed by atoms with Crippen molar-refractivity contribution in [2.24, 2.45) is 0 Å². The number of halogens is 2. The molecule has 134 valence electrons. The first-order chi connectivity index (χ1) is 11.5. The maximum atomic E-state index is 12.5. The van der Waals surface area contributed by atoms with E-state index in [1.54, 1.807) is 24.1 Å². The fraction of sp³-hybridized carbons (Fsp3) is 0.562. The van der Waals surface area contributed by atoms with Crippen LogP contribution in [0.25, 0.3) is 0 Å². The zero-order valence-electron chi connectivity index (χ0n) is 13.8. The topological polar surface area (TPSA) is 60.0 Å². The second-order valence-electron chi connectivity index (χ2n) is 5.54. The molecule has 1 unspecified atom stereocenters. The van der Waals surface area contributed by atoms with Crippen molar-refractivity contribution >= 4 is 5.91 Å². The average molecular weight is 344 g/mol. The van der Waals surface area contributed by atoms with Crippen LogP contribution in [-0.2, 0) is 16.1 Å². The summed E-state index contributed by atoms with van der Waals surface area (Å²) in [5.41, 5.74) is 0.676. The highest BCUT2D eigenvalue weighted by molar-refractivity contribution is 5.76. The Kier molecular flexibility index (Phi) is 6.74. The smallest absolute Gasteiger partial charge is 0.387 e. The van der Waals surface area contributed by atoms with Gasteiger partial charge in [-0.15, -0.1) is 0 Å². The van der Waals surface area contributed by atoms with Gasteiger partial charge < -0.3 is 24.4 Å². The van der Waals surface area contributed by atoms with E-state index in [0.717, 1.165) is 6.54 Å². The molecule has 1 heterocycles. The number of hydrogen-bond acceptors (Lipinski definition) is 5. The molecule has 1 N–H and O–H groups in total. The minimum Gasteiger partial charge on any atom is -0.493 e. The second kappa shape index (κ2) is 8.79. The number of methoxy groups -OCH3 is 1. The molecule has 1 atom stereocenters. The van der Waals surface area contributed by atoms with Crippen LogP contribution in [0, 0.1) is 0 Å². The third-order valence-electron chi connectivity index (χ3n) is 3.71. The molecule has 1 aliphatic heterocycles. The van der Waals surface area contributed by atoms with Crippen molar-refractivity contribution in [3.63, 3.8) is 0 Å². The van der Waals surface area contributed by atoms with E-state index < -0.39 is 6.61 Å². The van der Waals surface area contributed by atoms with E-state index in [1.807, 2.05) is 0 Å². The van der Waals surface area contributed by atoms with E-state index in [1.165, 1.54) is 13.2 Å². The molecule has 0 aromatic heterocycles. The summed E-state index contributed by atoms with van der Waals surface area (Å²) in [7, 11) is 3.05. The molecule has 0 saturated carbocycles. The third kappa shape index (κ3) is 5.31. The number of rotatable bonds is 7. The molecule has 24 heavy (non-hydrogen) atoms. The minimum atomic E-state index is -2.94. The summed E-state index contributed by atoms with van der Waals surface area (Å²) < 4.78 is 39.7. The predicted molar refractivity (Wildman–Crippen MR) is 83.3 cm³/mol. The van der Waals surface area contributed by atoms with Gasteiger partial charge in [0.25, 0.3) is 0 Å². The van der Waals surface area contributed by atoms with Crippen molar-refractivity contribution < 1.29 is 27.8 Å². The minimum absolute atomic E-state index is 0.00213. The summed E-state index contributed by atoms with van der Waals surface area (Å²) in [6, 6.07) is 4.71. The quantitative estimate of drug-likeness (QED) is 0.815. The molecule has 0 radical (unpaired) electrons. The maximum Gasteiger partial charge on any atom is 0.387 e. The highest BCUT2D eigenvalue weighted by Gasteiger charge is 2.20. The summed E-state index contributed by atoms with van der Waals surface area (Å²) in [6.07, 6.45) is 0.326. The van der Waals surface area contributed by atoms with Gasteiger partial charge in [0, 0.05) is 32.6 Å². The van der Waals surface area contributed by atoms with Gasteiger partial charge in [0.15, 0.2) is 11.5 Å². The van der Waals surface area contributed by atoms with E-state index in [4.69, 9.17) is 9.47 Å². The Morgan fingerprint density at radius 3 is 2.88 bits per heavy atom. The summed E-state index contributed by atoms with van der Waals surface area (Å²) >= 11 is 0. The predicted octanol–water partition coefficient (Wildman–Crippen LogP) is 1.63. The van der Waals surface area contributed by atoms with Gasteiger partial charge in [-0.25, -0.2) is 0 Å². The molecule has 2 rings (SSSR count). The monoisotopic (exact) mass is 344 g/mol. The first-order valence-electron chi connectivity index (χ1n) is 7.66. The van der Waals surface area contributed by atoms with Crippen molar-refractivity contribution in [1.82, 2.24) is 10.2 Å². The second-order valence-corrected chi connectivity index (χ2v) is 5.54. The van der Waals surface area contributed by atoms with Crippen molar-refractivity contribution in [3.05, 3.63) is 23.8 Å². The lowest BCUT2D eigenvalue weighted by Crippen LogP contribution is -2.44. The van der Waals surface area contributed by atoms with Gasteiger partial charge in [0.05, 0.1) is 20.3 Å².